The molecule has 0 bridgehead atoms. The minimum atomic E-state index is -0.797. The number of fused-ring (bicyclic) bond motifs is 1. The van der Waals surface area contributed by atoms with Gasteiger partial charge in [0.1, 0.15) is 5.54 Å². The zero-order valence-corrected chi connectivity index (χ0v) is 13.6. The number of morpholine rings is 1. The third-order valence-electron chi connectivity index (χ3n) is 5.75. The molecular weight excluding hydrogens is 268 g/mol. The molecule has 5 nitrogen and oxygen atoms in total. The van der Waals surface area contributed by atoms with Crippen LogP contribution >= 0.6 is 0 Å². The molecule has 0 aromatic heterocycles. The Morgan fingerprint density at radius 2 is 1.86 bits per heavy atom. The van der Waals surface area contributed by atoms with E-state index in [0.717, 1.165) is 19.4 Å². The molecule has 3 aliphatic rings. The SMILES string of the molecule is C[C@@H]1CN(C(=O)C2(N)C3CCCOC3C2(C)C)C[C@H](C)O1. The lowest BCUT2D eigenvalue weighted by Gasteiger charge is -2.66. The summed E-state index contributed by atoms with van der Waals surface area (Å²) in [5.74, 6) is 0.239. The Balaban J connectivity index is 1.82. The van der Waals surface area contributed by atoms with Gasteiger partial charge in [0.25, 0.3) is 0 Å². The Labute approximate surface area is 127 Å². The predicted octanol–water partition coefficient (Wildman–Crippen LogP) is 1.15. The van der Waals surface area contributed by atoms with Gasteiger partial charge in [-0.3, -0.25) is 4.79 Å². The smallest absolute Gasteiger partial charge is 0.243 e. The van der Waals surface area contributed by atoms with Gasteiger partial charge in [-0.2, -0.15) is 0 Å². The average Bonchev–Trinajstić information content (AvgIpc) is 2.44. The average molecular weight is 296 g/mol. The molecule has 2 N–H and O–H groups in total. The van der Waals surface area contributed by atoms with E-state index in [4.69, 9.17) is 15.2 Å². The molecule has 120 valence electrons. The second kappa shape index (κ2) is 4.93. The van der Waals surface area contributed by atoms with Gasteiger partial charge >= 0.3 is 0 Å². The largest absolute Gasteiger partial charge is 0.377 e. The minimum Gasteiger partial charge on any atom is -0.377 e. The quantitative estimate of drug-likeness (QED) is 0.788. The van der Waals surface area contributed by atoms with Gasteiger partial charge in [0.05, 0.1) is 18.3 Å². The molecule has 2 saturated heterocycles. The van der Waals surface area contributed by atoms with Gasteiger partial charge in [-0.1, -0.05) is 13.8 Å². The Morgan fingerprint density at radius 1 is 1.24 bits per heavy atom. The second-order valence-corrected chi connectivity index (χ2v) is 7.60. The maximum atomic E-state index is 13.2. The van der Waals surface area contributed by atoms with Crippen molar-refractivity contribution in [2.45, 2.75) is 64.4 Å². The lowest BCUT2D eigenvalue weighted by Crippen LogP contribution is -2.83. The molecule has 3 fully saturated rings. The number of hydrogen-bond donors (Lipinski definition) is 1. The van der Waals surface area contributed by atoms with E-state index in [1.165, 1.54) is 0 Å². The van der Waals surface area contributed by atoms with Crippen LogP contribution in [0.25, 0.3) is 0 Å². The summed E-state index contributed by atoms with van der Waals surface area (Å²) in [5.41, 5.74) is 5.59. The number of nitrogens with zero attached hydrogens (tertiary/aromatic N) is 1. The van der Waals surface area contributed by atoms with E-state index in [9.17, 15) is 4.79 Å². The highest BCUT2D eigenvalue weighted by atomic mass is 16.5. The Kier molecular flexibility index (Phi) is 3.58. The van der Waals surface area contributed by atoms with E-state index >= 15 is 0 Å². The fourth-order valence-corrected chi connectivity index (χ4v) is 4.62. The number of carbonyl (C=O) groups excluding carboxylic acids is 1. The van der Waals surface area contributed by atoms with Crippen molar-refractivity contribution in [3.63, 3.8) is 0 Å². The molecular formula is C16H28N2O3. The summed E-state index contributed by atoms with van der Waals surface area (Å²) in [5, 5.41) is 0. The van der Waals surface area contributed by atoms with Crippen LogP contribution in [-0.2, 0) is 14.3 Å². The highest BCUT2D eigenvalue weighted by molar-refractivity contribution is 5.89. The van der Waals surface area contributed by atoms with Gasteiger partial charge < -0.3 is 20.1 Å². The molecule has 21 heavy (non-hydrogen) atoms. The summed E-state index contributed by atoms with van der Waals surface area (Å²) in [6, 6.07) is 0. The van der Waals surface area contributed by atoms with Crippen molar-refractivity contribution in [1.29, 1.82) is 0 Å². The molecule has 1 aliphatic carbocycles. The summed E-state index contributed by atoms with van der Waals surface area (Å²) >= 11 is 0. The maximum absolute atomic E-state index is 13.2. The van der Waals surface area contributed by atoms with Gasteiger partial charge in [-0.05, 0) is 26.7 Å². The number of carbonyl (C=O) groups is 1. The molecule has 3 rings (SSSR count). The third kappa shape index (κ3) is 2.05. The molecule has 0 radical (unpaired) electrons. The van der Waals surface area contributed by atoms with Crippen LogP contribution in [0, 0.1) is 11.3 Å². The molecule has 0 spiro atoms. The first kappa shape index (κ1) is 15.3. The standard InChI is InChI=1S/C16H28N2O3/c1-10-8-18(9-11(2)21-10)14(19)16(17)12-6-5-7-20-13(12)15(16,3)4/h10-13H,5-9,17H2,1-4H3/t10-,11+,12?,13?,16?. The summed E-state index contributed by atoms with van der Waals surface area (Å²) in [7, 11) is 0. The van der Waals surface area contributed by atoms with Crippen molar-refractivity contribution in [1.82, 2.24) is 4.90 Å². The lowest BCUT2D eigenvalue weighted by atomic mass is 9.46. The number of hydrogen-bond acceptors (Lipinski definition) is 4. The van der Waals surface area contributed by atoms with E-state index in [1.807, 2.05) is 18.7 Å². The highest BCUT2D eigenvalue weighted by Crippen LogP contribution is 2.58. The first-order valence-corrected chi connectivity index (χ1v) is 8.13. The van der Waals surface area contributed by atoms with E-state index in [1.54, 1.807) is 0 Å². The predicted molar refractivity (Wildman–Crippen MR) is 79.8 cm³/mol. The summed E-state index contributed by atoms with van der Waals surface area (Å²) in [4.78, 5) is 15.1. The lowest BCUT2D eigenvalue weighted by molar-refractivity contribution is -0.232. The molecule has 1 saturated carbocycles. The summed E-state index contributed by atoms with van der Waals surface area (Å²) < 4.78 is 11.6. The van der Waals surface area contributed by atoms with E-state index in [2.05, 4.69) is 13.8 Å². The molecule has 2 aliphatic heterocycles. The number of nitrogens with two attached hydrogens (primary N) is 1. The zero-order chi connectivity index (χ0) is 15.4. The summed E-state index contributed by atoms with van der Waals surface area (Å²) in [6.07, 6.45) is 2.26. The second-order valence-electron chi connectivity index (χ2n) is 7.60. The van der Waals surface area contributed by atoms with Gasteiger partial charge in [-0.15, -0.1) is 0 Å². The number of amides is 1. The highest BCUT2D eigenvalue weighted by Gasteiger charge is 2.71. The first-order valence-electron chi connectivity index (χ1n) is 8.13. The van der Waals surface area contributed by atoms with Crippen molar-refractivity contribution in [3.05, 3.63) is 0 Å². The van der Waals surface area contributed by atoms with Crippen molar-refractivity contribution in [3.8, 4) is 0 Å². The van der Waals surface area contributed by atoms with Gasteiger partial charge in [0.2, 0.25) is 5.91 Å². The van der Waals surface area contributed by atoms with Crippen molar-refractivity contribution >= 4 is 5.91 Å². The van der Waals surface area contributed by atoms with Crippen LogP contribution in [0.5, 0.6) is 0 Å². The molecule has 3 unspecified atom stereocenters. The normalized spacial score (nSPS) is 45.7. The van der Waals surface area contributed by atoms with Crippen LogP contribution in [0.3, 0.4) is 0 Å². The molecule has 1 amide bonds. The van der Waals surface area contributed by atoms with E-state index in [0.29, 0.717) is 13.1 Å². The summed E-state index contributed by atoms with van der Waals surface area (Å²) in [6.45, 7) is 10.2. The molecule has 0 aromatic carbocycles. The van der Waals surface area contributed by atoms with Crippen molar-refractivity contribution in [2.24, 2.45) is 17.1 Å². The number of ether oxygens (including phenoxy) is 2. The molecule has 5 heteroatoms. The van der Waals surface area contributed by atoms with Crippen LogP contribution in [0.1, 0.15) is 40.5 Å². The Morgan fingerprint density at radius 3 is 2.48 bits per heavy atom. The van der Waals surface area contributed by atoms with E-state index < -0.39 is 5.54 Å². The van der Waals surface area contributed by atoms with Crippen molar-refractivity contribution in [2.75, 3.05) is 19.7 Å². The van der Waals surface area contributed by atoms with E-state index in [-0.39, 0.29) is 35.6 Å². The Bertz CT molecular complexity index is 429. The molecule has 0 aromatic rings. The van der Waals surface area contributed by atoms with Crippen LogP contribution in [-0.4, -0.2) is 54.4 Å². The maximum Gasteiger partial charge on any atom is 0.243 e. The van der Waals surface area contributed by atoms with Gasteiger partial charge in [0, 0.05) is 31.0 Å². The monoisotopic (exact) mass is 296 g/mol. The van der Waals surface area contributed by atoms with Crippen LogP contribution < -0.4 is 5.73 Å². The zero-order valence-electron chi connectivity index (χ0n) is 13.6. The van der Waals surface area contributed by atoms with Crippen molar-refractivity contribution < 1.29 is 14.3 Å². The number of rotatable bonds is 1. The topological polar surface area (TPSA) is 64.8 Å². The van der Waals surface area contributed by atoms with Gasteiger partial charge in [-0.25, -0.2) is 0 Å². The van der Waals surface area contributed by atoms with Crippen LogP contribution in [0.2, 0.25) is 0 Å². The van der Waals surface area contributed by atoms with Crippen LogP contribution in [0.4, 0.5) is 0 Å². The fraction of sp³-hybridized carbons (Fsp3) is 0.938. The van der Waals surface area contributed by atoms with Crippen LogP contribution in [0.15, 0.2) is 0 Å². The minimum absolute atomic E-state index is 0.0721. The third-order valence-corrected chi connectivity index (χ3v) is 5.75. The molecule has 2 heterocycles. The Hall–Kier alpha value is -0.650. The van der Waals surface area contributed by atoms with Gasteiger partial charge in [0.15, 0.2) is 0 Å². The first-order chi connectivity index (χ1) is 9.78. The molecule has 5 atom stereocenters. The fourth-order valence-electron chi connectivity index (χ4n) is 4.62.